The third-order valence-electron chi connectivity index (χ3n) is 3.52. The highest BCUT2D eigenvalue weighted by Crippen LogP contribution is 2.22. The smallest absolute Gasteiger partial charge is 0.341 e. The Morgan fingerprint density at radius 3 is 2.86 bits per heavy atom. The van der Waals surface area contributed by atoms with Crippen LogP contribution in [0.3, 0.4) is 0 Å². The first kappa shape index (κ1) is 16.3. The highest BCUT2D eigenvalue weighted by atomic mass is 16.5. The van der Waals surface area contributed by atoms with Crippen LogP contribution in [0.25, 0.3) is 0 Å². The summed E-state index contributed by atoms with van der Waals surface area (Å²) in [5.41, 5.74) is 1.52. The summed E-state index contributed by atoms with van der Waals surface area (Å²) < 4.78 is 10.7. The Hall–Kier alpha value is -2.08. The number of carboxylic acid groups (broad SMARTS) is 1. The third kappa shape index (κ3) is 5.04. The van der Waals surface area contributed by atoms with Crippen LogP contribution in [0.15, 0.2) is 18.2 Å². The van der Waals surface area contributed by atoms with Crippen LogP contribution < -0.4 is 10.1 Å². The van der Waals surface area contributed by atoms with Gasteiger partial charge in [-0.1, -0.05) is 0 Å². The molecule has 6 heteroatoms. The highest BCUT2D eigenvalue weighted by Gasteiger charge is 2.18. The molecule has 1 aromatic carbocycles. The van der Waals surface area contributed by atoms with E-state index >= 15 is 0 Å². The molecule has 2 rings (SSSR count). The predicted octanol–water partition coefficient (Wildman–Crippen LogP) is 2.36. The van der Waals surface area contributed by atoms with E-state index in [1.807, 2.05) is 6.92 Å². The topological polar surface area (TPSA) is 84.9 Å². The van der Waals surface area contributed by atoms with Crippen LogP contribution >= 0.6 is 0 Å². The second-order valence-corrected chi connectivity index (χ2v) is 5.40. The number of carbonyl (C=O) groups excluding carboxylic acids is 1. The van der Waals surface area contributed by atoms with Crippen molar-refractivity contribution >= 4 is 17.6 Å². The van der Waals surface area contributed by atoms with Crippen LogP contribution in [-0.4, -0.2) is 36.3 Å². The van der Waals surface area contributed by atoms with E-state index in [2.05, 4.69) is 5.32 Å². The highest BCUT2D eigenvalue weighted by molar-refractivity contribution is 5.91. The van der Waals surface area contributed by atoms with E-state index in [0.29, 0.717) is 17.9 Å². The quantitative estimate of drug-likeness (QED) is 0.842. The Kier molecular flexibility index (Phi) is 5.77. The fourth-order valence-corrected chi connectivity index (χ4v) is 2.39. The standard InChI is InChI=1S/C16H21NO5/c1-11-8-13(22-10-16(19)20)5-6-14(11)17-15(18)9-12-4-2-3-7-21-12/h5-6,8,12H,2-4,7,9-10H2,1H3,(H,17,18)(H,19,20)/t12-/m0/s1. The molecule has 0 radical (unpaired) electrons. The van der Waals surface area contributed by atoms with E-state index in [-0.39, 0.29) is 18.6 Å². The summed E-state index contributed by atoms with van der Waals surface area (Å²) in [6.45, 7) is 2.18. The van der Waals surface area contributed by atoms with Crippen LogP contribution in [0, 0.1) is 6.92 Å². The summed E-state index contributed by atoms with van der Waals surface area (Å²) in [4.78, 5) is 22.5. The lowest BCUT2D eigenvalue weighted by Crippen LogP contribution is -2.25. The number of aliphatic carboxylic acids is 1. The summed E-state index contributed by atoms with van der Waals surface area (Å²) in [6.07, 6.45) is 3.46. The van der Waals surface area contributed by atoms with Gasteiger partial charge in [0.15, 0.2) is 6.61 Å². The van der Waals surface area contributed by atoms with Crippen LogP contribution in [0.2, 0.25) is 0 Å². The Labute approximate surface area is 129 Å². The molecule has 0 bridgehead atoms. The number of nitrogens with one attached hydrogen (secondary N) is 1. The van der Waals surface area contributed by atoms with Gasteiger partial charge in [-0.15, -0.1) is 0 Å². The average molecular weight is 307 g/mol. The second-order valence-electron chi connectivity index (χ2n) is 5.40. The Balaban J connectivity index is 1.88. The van der Waals surface area contributed by atoms with Crippen molar-refractivity contribution in [2.45, 2.75) is 38.7 Å². The van der Waals surface area contributed by atoms with Gasteiger partial charge in [-0.3, -0.25) is 4.79 Å². The van der Waals surface area contributed by atoms with Crippen molar-refractivity contribution in [2.24, 2.45) is 0 Å². The van der Waals surface area contributed by atoms with Gasteiger partial charge in [-0.2, -0.15) is 0 Å². The second kappa shape index (κ2) is 7.79. The molecule has 22 heavy (non-hydrogen) atoms. The number of ether oxygens (including phenoxy) is 2. The Bertz CT molecular complexity index is 537. The molecule has 0 saturated carbocycles. The van der Waals surface area contributed by atoms with Crippen molar-refractivity contribution in [3.8, 4) is 5.75 Å². The van der Waals surface area contributed by atoms with Crippen molar-refractivity contribution in [1.29, 1.82) is 0 Å². The summed E-state index contributed by atoms with van der Waals surface area (Å²) in [5, 5.41) is 11.4. The van der Waals surface area contributed by atoms with Crippen molar-refractivity contribution in [1.82, 2.24) is 0 Å². The van der Waals surface area contributed by atoms with Crippen molar-refractivity contribution in [3.63, 3.8) is 0 Å². The molecule has 2 N–H and O–H groups in total. The summed E-state index contributed by atoms with van der Waals surface area (Å²) >= 11 is 0. The predicted molar refractivity (Wildman–Crippen MR) is 81.1 cm³/mol. The molecule has 1 atom stereocenters. The molecule has 1 fully saturated rings. The number of rotatable bonds is 6. The zero-order valence-corrected chi connectivity index (χ0v) is 12.6. The molecule has 0 aliphatic carbocycles. The molecule has 1 saturated heterocycles. The number of benzene rings is 1. The molecule has 0 spiro atoms. The Morgan fingerprint density at radius 2 is 2.23 bits per heavy atom. The van der Waals surface area contributed by atoms with Crippen LogP contribution in [-0.2, 0) is 14.3 Å². The van der Waals surface area contributed by atoms with Gasteiger partial charge in [0.25, 0.3) is 0 Å². The SMILES string of the molecule is Cc1cc(OCC(=O)O)ccc1NC(=O)C[C@@H]1CCCCO1. The minimum atomic E-state index is -1.03. The van der Waals surface area contributed by atoms with Crippen molar-refractivity contribution < 1.29 is 24.2 Å². The monoisotopic (exact) mass is 307 g/mol. The van der Waals surface area contributed by atoms with Crippen LogP contribution in [0.4, 0.5) is 5.69 Å². The van der Waals surface area contributed by atoms with Gasteiger partial charge in [0, 0.05) is 12.3 Å². The van der Waals surface area contributed by atoms with E-state index in [9.17, 15) is 9.59 Å². The maximum atomic E-state index is 12.0. The van der Waals surface area contributed by atoms with E-state index in [4.69, 9.17) is 14.6 Å². The number of carbonyl (C=O) groups is 2. The van der Waals surface area contributed by atoms with Crippen LogP contribution in [0.1, 0.15) is 31.2 Å². The number of carboxylic acids is 1. The van der Waals surface area contributed by atoms with Crippen molar-refractivity contribution in [3.05, 3.63) is 23.8 Å². The lowest BCUT2D eigenvalue weighted by Gasteiger charge is -2.22. The van der Waals surface area contributed by atoms with E-state index in [1.54, 1.807) is 18.2 Å². The normalized spacial score (nSPS) is 17.8. The van der Waals surface area contributed by atoms with E-state index < -0.39 is 5.97 Å². The lowest BCUT2D eigenvalue weighted by molar-refractivity contribution is -0.139. The number of anilines is 1. The molecule has 120 valence electrons. The number of amides is 1. The maximum absolute atomic E-state index is 12.0. The third-order valence-corrected chi connectivity index (χ3v) is 3.52. The number of hydrogen-bond acceptors (Lipinski definition) is 4. The molecule has 1 aliphatic heterocycles. The summed E-state index contributed by atoms with van der Waals surface area (Å²) in [7, 11) is 0. The largest absolute Gasteiger partial charge is 0.482 e. The van der Waals surface area contributed by atoms with Gasteiger partial charge in [0.1, 0.15) is 5.75 Å². The van der Waals surface area contributed by atoms with Crippen molar-refractivity contribution in [2.75, 3.05) is 18.5 Å². The number of aryl methyl sites for hydroxylation is 1. The Morgan fingerprint density at radius 1 is 1.41 bits per heavy atom. The first-order valence-corrected chi connectivity index (χ1v) is 7.41. The molecule has 0 aromatic heterocycles. The van der Waals surface area contributed by atoms with Gasteiger partial charge < -0.3 is 19.9 Å². The molecule has 1 aliphatic rings. The van der Waals surface area contributed by atoms with Gasteiger partial charge in [0.2, 0.25) is 5.91 Å². The van der Waals surface area contributed by atoms with Gasteiger partial charge in [-0.05, 0) is 49.9 Å². The van der Waals surface area contributed by atoms with Gasteiger partial charge >= 0.3 is 5.97 Å². The fraction of sp³-hybridized carbons (Fsp3) is 0.500. The van der Waals surface area contributed by atoms with E-state index in [1.165, 1.54) is 0 Å². The first-order chi connectivity index (χ1) is 10.5. The minimum Gasteiger partial charge on any atom is -0.482 e. The minimum absolute atomic E-state index is 0.00669. The molecule has 6 nitrogen and oxygen atoms in total. The molecule has 0 unspecified atom stereocenters. The van der Waals surface area contributed by atoms with Gasteiger partial charge in [0.05, 0.1) is 12.5 Å². The summed E-state index contributed by atoms with van der Waals surface area (Å²) in [6, 6.07) is 5.06. The average Bonchev–Trinajstić information content (AvgIpc) is 2.48. The lowest BCUT2D eigenvalue weighted by atomic mass is 10.1. The van der Waals surface area contributed by atoms with Crippen LogP contribution in [0.5, 0.6) is 5.75 Å². The zero-order valence-electron chi connectivity index (χ0n) is 12.6. The molecule has 1 aromatic rings. The molecular weight excluding hydrogens is 286 g/mol. The summed E-state index contributed by atoms with van der Waals surface area (Å²) in [5.74, 6) is -0.634. The van der Waals surface area contributed by atoms with E-state index in [0.717, 1.165) is 31.4 Å². The maximum Gasteiger partial charge on any atom is 0.341 e. The first-order valence-electron chi connectivity index (χ1n) is 7.41. The molecule has 1 heterocycles. The molecule has 1 amide bonds. The fourth-order valence-electron chi connectivity index (χ4n) is 2.39. The van der Waals surface area contributed by atoms with Gasteiger partial charge in [-0.25, -0.2) is 4.79 Å². The molecular formula is C16H21NO5. The zero-order chi connectivity index (χ0) is 15.9. The number of hydrogen-bond donors (Lipinski definition) is 2.